The van der Waals surface area contributed by atoms with Gasteiger partial charge in [0.1, 0.15) is 17.1 Å². The molecule has 4 aromatic heterocycles. The molecule has 0 saturated heterocycles. The average molecular weight is 427 g/mol. The van der Waals surface area contributed by atoms with Crippen LogP contribution in [0.25, 0.3) is 28.4 Å². The van der Waals surface area contributed by atoms with Crippen molar-refractivity contribution in [2.24, 2.45) is 0 Å². The van der Waals surface area contributed by atoms with Crippen molar-refractivity contribution in [2.45, 2.75) is 19.3 Å². The fourth-order valence-corrected chi connectivity index (χ4v) is 3.98. The Morgan fingerprint density at radius 1 is 1.12 bits per heavy atom. The second-order valence-corrected chi connectivity index (χ2v) is 7.57. The van der Waals surface area contributed by atoms with E-state index >= 15 is 0 Å². The van der Waals surface area contributed by atoms with E-state index in [1.807, 2.05) is 18.2 Å². The molecule has 32 heavy (non-hydrogen) atoms. The Labute approximate surface area is 180 Å². The number of rotatable bonds is 4. The third-order valence-corrected chi connectivity index (χ3v) is 5.50. The van der Waals surface area contributed by atoms with Crippen molar-refractivity contribution < 1.29 is 13.6 Å². The van der Waals surface area contributed by atoms with Crippen LogP contribution in [0.15, 0.2) is 68.4 Å². The Hall–Kier alpha value is -4.40. The molecule has 0 unspecified atom stereocenters. The summed E-state index contributed by atoms with van der Waals surface area (Å²) in [7, 11) is 0. The first-order valence-corrected chi connectivity index (χ1v) is 10.2. The standard InChI is InChI=1S/C23H17N5O4/c29-21-14-6-3-7-15(14)24-23(26-21)28-20(12-16(27-28)18-9-4-10-31-18)25-22(30)19-11-13-5-1-2-8-17(13)32-19/h1-2,4-5,8-12H,3,6-7H2,(H,25,30)(H,24,26,29). The SMILES string of the molecule is O=C(Nc1cc(-c2ccco2)nn1-c1nc2c(c(=O)[nH]1)CCC2)c1cc2ccccc2o1. The summed E-state index contributed by atoms with van der Waals surface area (Å²) in [5.41, 5.74) is 2.38. The molecule has 4 heterocycles. The Morgan fingerprint density at radius 3 is 2.88 bits per heavy atom. The number of hydrogen-bond donors (Lipinski definition) is 2. The number of aromatic nitrogens is 4. The molecule has 0 bridgehead atoms. The first-order valence-electron chi connectivity index (χ1n) is 10.2. The van der Waals surface area contributed by atoms with Crippen LogP contribution in [0.2, 0.25) is 0 Å². The topological polar surface area (TPSA) is 119 Å². The number of fused-ring (bicyclic) bond motifs is 2. The van der Waals surface area contributed by atoms with Crippen molar-refractivity contribution in [3.05, 3.63) is 82.2 Å². The largest absolute Gasteiger partial charge is 0.463 e. The summed E-state index contributed by atoms with van der Waals surface area (Å²) < 4.78 is 12.5. The summed E-state index contributed by atoms with van der Waals surface area (Å²) in [6.45, 7) is 0. The van der Waals surface area contributed by atoms with Crippen LogP contribution in [0.5, 0.6) is 0 Å². The predicted molar refractivity (Wildman–Crippen MR) is 116 cm³/mol. The first kappa shape index (κ1) is 18.4. The van der Waals surface area contributed by atoms with E-state index in [-0.39, 0.29) is 17.3 Å². The summed E-state index contributed by atoms with van der Waals surface area (Å²) in [5, 5.41) is 8.17. The van der Waals surface area contributed by atoms with Crippen LogP contribution in [-0.4, -0.2) is 25.7 Å². The molecule has 0 atom stereocenters. The van der Waals surface area contributed by atoms with Crippen molar-refractivity contribution >= 4 is 22.7 Å². The highest BCUT2D eigenvalue weighted by molar-refractivity contribution is 6.04. The summed E-state index contributed by atoms with van der Waals surface area (Å²) in [6.07, 6.45) is 3.88. The molecular weight excluding hydrogens is 410 g/mol. The lowest BCUT2D eigenvalue weighted by Gasteiger charge is -2.08. The number of benzene rings is 1. The number of carbonyl (C=O) groups excluding carboxylic acids is 1. The molecule has 1 aromatic carbocycles. The highest BCUT2D eigenvalue weighted by Crippen LogP contribution is 2.26. The van der Waals surface area contributed by atoms with Crippen LogP contribution in [0, 0.1) is 0 Å². The maximum absolute atomic E-state index is 13.0. The summed E-state index contributed by atoms with van der Waals surface area (Å²) >= 11 is 0. The van der Waals surface area contributed by atoms with Gasteiger partial charge in [0.15, 0.2) is 11.5 Å². The average Bonchev–Trinajstić information content (AvgIpc) is 3.59. The fraction of sp³-hybridized carbons (Fsp3) is 0.130. The van der Waals surface area contributed by atoms with Crippen LogP contribution in [0.1, 0.15) is 28.2 Å². The molecule has 0 spiro atoms. The maximum Gasteiger partial charge on any atom is 0.292 e. The van der Waals surface area contributed by atoms with Gasteiger partial charge in [-0.2, -0.15) is 9.78 Å². The third-order valence-electron chi connectivity index (χ3n) is 5.50. The van der Waals surface area contributed by atoms with Crippen LogP contribution < -0.4 is 10.9 Å². The van der Waals surface area contributed by atoms with Gasteiger partial charge in [0, 0.05) is 17.0 Å². The molecule has 1 aliphatic carbocycles. The van der Waals surface area contributed by atoms with E-state index < -0.39 is 5.91 Å². The van der Waals surface area contributed by atoms with Crippen LogP contribution in [0.3, 0.4) is 0 Å². The van der Waals surface area contributed by atoms with Gasteiger partial charge in [0.2, 0.25) is 5.95 Å². The number of aryl methyl sites for hydroxylation is 1. The Kier molecular flexibility index (Phi) is 4.07. The lowest BCUT2D eigenvalue weighted by atomic mass is 10.2. The van der Waals surface area contributed by atoms with Crippen molar-refractivity contribution in [1.29, 1.82) is 0 Å². The van der Waals surface area contributed by atoms with E-state index in [1.165, 1.54) is 10.9 Å². The zero-order valence-electron chi connectivity index (χ0n) is 16.8. The van der Waals surface area contributed by atoms with Crippen LogP contribution >= 0.6 is 0 Å². The molecule has 9 heteroatoms. The second kappa shape index (κ2) is 7.09. The number of nitrogens with one attached hydrogen (secondary N) is 2. The lowest BCUT2D eigenvalue weighted by molar-refractivity contribution is 0.0998. The van der Waals surface area contributed by atoms with Gasteiger partial charge in [-0.25, -0.2) is 4.98 Å². The van der Waals surface area contributed by atoms with Crippen LogP contribution in [0.4, 0.5) is 5.82 Å². The van der Waals surface area contributed by atoms with Gasteiger partial charge in [-0.1, -0.05) is 18.2 Å². The van der Waals surface area contributed by atoms with Gasteiger partial charge >= 0.3 is 0 Å². The number of aromatic amines is 1. The van der Waals surface area contributed by atoms with Gasteiger partial charge in [-0.3, -0.25) is 14.6 Å². The molecule has 2 N–H and O–H groups in total. The molecule has 9 nitrogen and oxygen atoms in total. The Bertz CT molecular complexity index is 1490. The predicted octanol–water partition coefficient (Wildman–Crippen LogP) is 3.70. The van der Waals surface area contributed by atoms with E-state index in [1.54, 1.807) is 30.3 Å². The number of carbonyl (C=O) groups is 1. The quantitative estimate of drug-likeness (QED) is 0.451. The third kappa shape index (κ3) is 3.02. The van der Waals surface area contributed by atoms with E-state index in [9.17, 15) is 9.59 Å². The van der Waals surface area contributed by atoms with Crippen molar-refractivity contribution in [1.82, 2.24) is 19.7 Å². The van der Waals surface area contributed by atoms with E-state index in [0.717, 1.165) is 23.9 Å². The molecule has 158 valence electrons. The number of nitrogens with zero attached hydrogens (tertiary/aromatic N) is 3. The summed E-state index contributed by atoms with van der Waals surface area (Å²) in [6, 6.07) is 14.2. The number of anilines is 1. The number of amides is 1. The molecule has 0 radical (unpaired) electrons. The second-order valence-electron chi connectivity index (χ2n) is 7.57. The van der Waals surface area contributed by atoms with Crippen molar-refractivity contribution in [2.75, 3.05) is 5.32 Å². The first-order chi connectivity index (χ1) is 15.7. The number of hydrogen-bond acceptors (Lipinski definition) is 6. The number of furan rings is 2. The fourth-order valence-electron chi connectivity index (χ4n) is 3.98. The van der Waals surface area contributed by atoms with Crippen molar-refractivity contribution in [3.8, 4) is 17.4 Å². The Morgan fingerprint density at radius 2 is 2.03 bits per heavy atom. The zero-order chi connectivity index (χ0) is 21.7. The van der Waals surface area contributed by atoms with E-state index in [4.69, 9.17) is 8.83 Å². The Balaban J connectivity index is 1.43. The minimum absolute atomic E-state index is 0.161. The molecule has 0 aliphatic heterocycles. The molecular formula is C23H17N5O4. The monoisotopic (exact) mass is 427 g/mol. The molecule has 6 rings (SSSR count). The van der Waals surface area contributed by atoms with Gasteiger partial charge in [-0.05, 0) is 43.5 Å². The molecule has 1 aliphatic rings. The highest BCUT2D eigenvalue weighted by Gasteiger charge is 2.22. The number of para-hydroxylation sites is 1. The molecule has 0 fully saturated rings. The minimum atomic E-state index is -0.447. The minimum Gasteiger partial charge on any atom is -0.463 e. The lowest BCUT2D eigenvalue weighted by Crippen LogP contribution is -2.21. The summed E-state index contributed by atoms with van der Waals surface area (Å²) in [5.74, 6) is 0.786. The number of H-pyrrole nitrogens is 1. The van der Waals surface area contributed by atoms with Gasteiger partial charge < -0.3 is 14.2 Å². The van der Waals surface area contributed by atoms with Gasteiger partial charge in [0.05, 0.1) is 12.0 Å². The maximum atomic E-state index is 13.0. The van der Waals surface area contributed by atoms with E-state index in [0.29, 0.717) is 34.8 Å². The zero-order valence-corrected chi connectivity index (χ0v) is 16.8. The molecule has 1 amide bonds. The highest BCUT2D eigenvalue weighted by atomic mass is 16.3. The van der Waals surface area contributed by atoms with Gasteiger partial charge in [-0.15, -0.1) is 0 Å². The van der Waals surface area contributed by atoms with Gasteiger partial charge in [0.25, 0.3) is 11.5 Å². The van der Waals surface area contributed by atoms with Crippen LogP contribution in [-0.2, 0) is 12.8 Å². The molecule has 0 saturated carbocycles. The smallest absolute Gasteiger partial charge is 0.292 e. The molecule has 5 aromatic rings. The van der Waals surface area contributed by atoms with E-state index in [2.05, 4.69) is 20.4 Å². The van der Waals surface area contributed by atoms with Crippen molar-refractivity contribution in [3.63, 3.8) is 0 Å². The summed E-state index contributed by atoms with van der Waals surface area (Å²) in [4.78, 5) is 32.9. The normalized spacial score (nSPS) is 12.9.